The second-order valence-corrected chi connectivity index (χ2v) is 4.54. The maximum absolute atomic E-state index is 11.5. The quantitative estimate of drug-likeness (QED) is 0.538. The summed E-state index contributed by atoms with van der Waals surface area (Å²) in [7, 11) is 0. The summed E-state index contributed by atoms with van der Waals surface area (Å²) < 4.78 is 5.45. The predicted octanol–water partition coefficient (Wildman–Crippen LogP) is 3.58. The lowest BCUT2D eigenvalue weighted by molar-refractivity contribution is -0.115. The van der Waals surface area contributed by atoms with E-state index in [0.29, 0.717) is 6.42 Å². The minimum atomic E-state index is -0.0433. The van der Waals surface area contributed by atoms with E-state index in [1.54, 1.807) is 12.3 Å². The van der Waals surface area contributed by atoms with Crippen molar-refractivity contribution < 1.29 is 14.3 Å². The van der Waals surface area contributed by atoms with Gasteiger partial charge in [-0.2, -0.15) is 0 Å². The number of carbonyl (C=O) groups is 1. The number of unbranched alkanes of at least 4 members (excludes halogenated alkanes) is 2. The Morgan fingerprint density at radius 3 is 2.94 bits per heavy atom. The van der Waals surface area contributed by atoms with Crippen molar-refractivity contribution in [3.8, 4) is 0 Å². The molecule has 0 amide bonds. The summed E-state index contributed by atoms with van der Waals surface area (Å²) in [6.45, 7) is 5.61. The fraction of sp³-hybridized carbons (Fsp3) is 0.533. The van der Waals surface area contributed by atoms with Gasteiger partial charge in [0.2, 0.25) is 0 Å². The van der Waals surface area contributed by atoms with E-state index in [0.717, 1.165) is 37.0 Å². The van der Waals surface area contributed by atoms with Gasteiger partial charge in [0.15, 0.2) is 5.78 Å². The zero-order valence-electron chi connectivity index (χ0n) is 11.0. The third-order valence-electron chi connectivity index (χ3n) is 3.15. The van der Waals surface area contributed by atoms with Gasteiger partial charge in [-0.15, -0.1) is 0 Å². The molecule has 1 aromatic rings. The summed E-state index contributed by atoms with van der Waals surface area (Å²) in [5.74, 6) is 0.833. The van der Waals surface area contributed by atoms with Gasteiger partial charge >= 0.3 is 0 Å². The van der Waals surface area contributed by atoms with E-state index in [2.05, 4.69) is 13.5 Å². The minimum absolute atomic E-state index is 0.0248. The minimum Gasteiger partial charge on any atom is -0.469 e. The number of furan rings is 1. The molecule has 0 aliphatic carbocycles. The van der Waals surface area contributed by atoms with Gasteiger partial charge < -0.3 is 9.52 Å². The third-order valence-corrected chi connectivity index (χ3v) is 3.15. The van der Waals surface area contributed by atoms with Crippen molar-refractivity contribution in [3.63, 3.8) is 0 Å². The molecule has 0 spiro atoms. The topological polar surface area (TPSA) is 50.4 Å². The average molecular weight is 250 g/mol. The van der Waals surface area contributed by atoms with Crippen LogP contribution in [0.2, 0.25) is 0 Å². The molecule has 3 heteroatoms. The maximum Gasteiger partial charge on any atom is 0.155 e. The molecule has 0 radical (unpaired) electrons. The van der Waals surface area contributed by atoms with Crippen LogP contribution in [0.5, 0.6) is 0 Å². The summed E-state index contributed by atoms with van der Waals surface area (Å²) >= 11 is 0. The Hall–Kier alpha value is -1.35. The molecule has 0 aliphatic heterocycles. The molecule has 3 nitrogen and oxygen atoms in total. The van der Waals surface area contributed by atoms with Gasteiger partial charge in [-0.3, -0.25) is 4.79 Å². The van der Waals surface area contributed by atoms with Gasteiger partial charge in [0.05, 0.1) is 12.9 Å². The summed E-state index contributed by atoms with van der Waals surface area (Å²) in [5.41, 5.74) is 0.786. The average Bonchev–Trinajstić information content (AvgIpc) is 2.85. The van der Waals surface area contributed by atoms with E-state index < -0.39 is 0 Å². The standard InChI is InChI=1S/C15H22O3/c1-3-5-6-7-12(10-14(17)4-2)15-13(11-16)8-9-18-15/h4,8-9,12,16H,2-3,5-7,10-11H2,1H3. The van der Waals surface area contributed by atoms with Crippen LogP contribution in [0.15, 0.2) is 29.4 Å². The van der Waals surface area contributed by atoms with Crippen LogP contribution in [0.4, 0.5) is 0 Å². The number of aliphatic hydroxyl groups excluding tert-OH is 1. The first-order valence-electron chi connectivity index (χ1n) is 6.55. The highest BCUT2D eigenvalue weighted by atomic mass is 16.3. The maximum atomic E-state index is 11.5. The van der Waals surface area contributed by atoms with Gasteiger partial charge in [0, 0.05) is 17.9 Å². The Morgan fingerprint density at radius 1 is 1.56 bits per heavy atom. The van der Waals surface area contributed by atoms with Crippen molar-refractivity contribution in [2.75, 3.05) is 0 Å². The first kappa shape index (κ1) is 14.7. The van der Waals surface area contributed by atoms with Crippen LogP contribution in [-0.4, -0.2) is 10.9 Å². The zero-order valence-corrected chi connectivity index (χ0v) is 11.0. The molecule has 0 saturated heterocycles. The SMILES string of the molecule is C=CC(=O)CC(CCCCC)c1occc1CO. The summed E-state index contributed by atoms with van der Waals surface area (Å²) in [6.07, 6.45) is 7.61. The molecule has 0 bridgehead atoms. The van der Waals surface area contributed by atoms with Crippen LogP contribution in [0, 0.1) is 0 Å². The van der Waals surface area contributed by atoms with E-state index >= 15 is 0 Å². The molecule has 0 fully saturated rings. The lowest BCUT2D eigenvalue weighted by Crippen LogP contribution is -2.06. The molecule has 1 unspecified atom stereocenters. The molecule has 1 atom stereocenters. The number of aliphatic hydroxyl groups is 1. The molecule has 100 valence electrons. The van der Waals surface area contributed by atoms with E-state index in [4.69, 9.17) is 4.42 Å². The Kier molecular flexibility index (Phi) is 6.44. The predicted molar refractivity (Wildman–Crippen MR) is 71.3 cm³/mol. The van der Waals surface area contributed by atoms with Crippen LogP contribution >= 0.6 is 0 Å². The largest absolute Gasteiger partial charge is 0.469 e. The van der Waals surface area contributed by atoms with Gasteiger partial charge in [0.1, 0.15) is 5.76 Å². The van der Waals surface area contributed by atoms with E-state index in [1.807, 2.05) is 0 Å². The number of hydrogen-bond acceptors (Lipinski definition) is 3. The van der Waals surface area contributed by atoms with E-state index in [9.17, 15) is 9.90 Å². The highest BCUT2D eigenvalue weighted by Gasteiger charge is 2.20. The Balaban J connectivity index is 2.75. The van der Waals surface area contributed by atoms with Gasteiger partial charge in [-0.1, -0.05) is 32.8 Å². The van der Waals surface area contributed by atoms with Crippen molar-refractivity contribution in [1.29, 1.82) is 0 Å². The Morgan fingerprint density at radius 2 is 2.33 bits per heavy atom. The van der Waals surface area contributed by atoms with Crippen molar-refractivity contribution in [3.05, 3.63) is 36.3 Å². The fourth-order valence-electron chi connectivity index (χ4n) is 2.13. The molecule has 0 aromatic carbocycles. The van der Waals surface area contributed by atoms with Gasteiger partial charge in [0.25, 0.3) is 0 Å². The monoisotopic (exact) mass is 250 g/mol. The lowest BCUT2D eigenvalue weighted by Gasteiger charge is -2.14. The van der Waals surface area contributed by atoms with Gasteiger partial charge in [-0.05, 0) is 18.6 Å². The molecule has 18 heavy (non-hydrogen) atoms. The number of hydrogen-bond donors (Lipinski definition) is 1. The van der Waals surface area contributed by atoms with Crippen molar-refractivity contribution in [2.24, 2.45) is 0 Å². The molecule has 0 saturated carbocycles. The Bertz CT molecular complexity index is 379. The fourth-order valence-corrected chi connectivity index (χ4v) is 2.13. The molecule has 1 N–H and O–H groups in total. The van der Waals surface area contributed by atoms with Crippen LogP contribution < -0.4 is 0 Å². The second-order valence-electron chi connectivity index (χ2n) is 4.54. The highest BCUT2D eigenvalue weighted by molar-refractivity contribution is 5.89. The normalized spacial score (nSPS) is 12.3. The number of carbonyl (C=O) groups excluding carboxylic acids is 1. The first-order chi connectivity index (χ1) is 8.72. The van der Waals surface area contributed by atoms with Crippen molar-refractivity contribution in [2.45, 2.75) is 51.6 Å². The number of rotatable bonds is 9. The highest BCUT2D eigenvalue weighted by Crippen LogP contribution is 2.30. The summed E-state index contributed by atoms with van der Waals surface area (Å²) in [6, 6.07) is 1.76. The van der Waals surface area contributed by atoms with Crippen LogP contribution in [-0.2, 0) is 11.4 Å². The molecular formula is C15H22O3. The van der Waals surface area contributed by atoms with E-state index in [-0.39, 0.29) is 18.3 Å². The van der Waals surface area contributed by atoms with Crippen molar-refractivity contribution >= 4 is 5.78 Å². The van der Waals surface area contributed by atoms with Crippen LogP contribution in [0.1, 0.15) is 56.3 Å². The first-order valence-corrected chi connectivity index (χ1v) is 6.55. The summed E-state index contributed by atoms with van der Waals surface area (Å²) in [5, 5.41) is 9.25. The Labute approximate surface area is 109 Å². The summed E-state index contributed by atoms with van der Waals surface area (Å²) in [4.78, 5) is 11.5. The van der Waals surface area contributed by atoms with Crippen molar-refractivity contribution in [1.82, 2.24) is 0 Å². The molecule has 1 rings (SSSR count). The van der Waals surface area contributed by atoms with Gasteiger partial charge in [-0.25, -0.2) is 0 Å². The number of ketones is 1. The molecule has 1 heterocycles. The molecule has 0 aliphatic rings. The zero-order chi connectivity index (χ0) is 13.4. The van der Waals surface area contributed by atoms with E-state index in [1.165, 1.54) is 6.08 Å². The molecule has 1 aromatic heterocycles. The second kappa shape index (κ2) is 7.88. The lowest BCUT2D eigenvalue weighted by atomic mass is 9.91. The molecular weight excluding hydrogens is 228 g/mol. The smallest absolute Gasteiger partial charge is 0.155 e. The number of allylic oxidation sites excluding steroid dienone is 1. The van der Waals surface area contributed by atoms with Crippen LogP contribution in [0.25, 0.3) is 0 Å². The van der Waals surface area contributed by atoms with Crippen LogP contribution in [0.3, 0.4) is 0 Å². The third kappa shape index (κ3) is 4.15.